The van der Waals surface area contributed by atoms with Crippen LogP contribution in [0.5, 0.6) is 0 Å². The fraction of sp³-hybridized carbons (Fsp3) is 0. The number of benzene rings is 1. The van der Waals surface area contributed by atoms with E-state index in [1.54, 1.807) is 30.5 Å². The molecule has 0 atom stereocenters. The van der Waals surface area contributed by atoms with E-state index in [9.17, 15) is 4.39 Å². The molecule has 2 nitrogen and oxygen atoms in total. The molecule has 1 heterocycles. The van der Waals surface area contributed by atoms with Gasteiger partial charge in [-0.2, -0.15) is 0 Å². The highest BCUT2D eigenvalue weighted by atomic mass is 19.1. The Morgan fingerprint density at radius 2 is 1.83 bits per heavy atom. The van der Waals surface area contributed by atoms with E-state index in [-0.39, 0.29) is 5.82 Å². The van der Waals surface area contributed by atoms with Crippen molar-refractivity contribution in [1.29, 1.82) is 0 Å². The van der Waals surface area contributed by atoms with Gasteiger partial charge in [0.1, 0.15) is 12.1 Å². The molecule has 0 saturated heterocycles. The van der Waals surface area contributed by atoms with Crippen LogP contribution in [0.25, 0.3) is 0 Å². The molecule has 0 spiro atoms. The Labute approximate surface area is 69.6 Å². The maximum Gasteiger partial charge on any atom is 0.123 e. The highest BCUT2D eigenvalue weighted by Crippen LogP contribution is 1.91. The fourth-order valence-electron chi connectivity index (χ4n) is 0.590. The molecule has 0 N–H and O–H groups in total. The van der Waals surface area contributed by atoms with Crippen molar-refractivity contribution in [3.63, 3.8) is 0 Å². The Kier molecular flexibility index (Phi) is 3.57. The van der Waals surface area contributed by atoms with Gasteiger partial charge in [0.2, 0.25) is 0 Å². The summed E-state index contributed by atoms with van der Waals surface area (Å²) in [7, 11) is 0. The minimum Gasteiger partial charge on any atom is -0.365 e. The van der Waals surface area contributed by atoms with Crippen molar-refractivity contribution in [3.8, 4) is 0 Å². The minimum absolute atomic E-state index is 0.178. The van der Waals surface area contributed by atoms with Gasteiger partial charge in [0, 0.05) is 0 Å². The van der Waals surface area contributed by atoms with Crippen LogP contribution in [0.1, 0.15) is 0 Å². The topological polar surface area (TPSA) is 26.0 Å². The van der Waals surface area contributed by atoms with E-state index in [0.717, 1.165) is 0 Å². The number of hydrogen-bond acceptors (Lipinski definition) is 2. The Morgan fingerprint density at radius 3 is 2.08 bits per heavy atom. The van der Waals surface area contributed by atoms with E-state index in [1.807, 2.05) is 0 Å². The third kappa shape index (κ3) is 3.51. The van der Waals surface area contributed by atoms with E-state index >= 15 is 0 Å². The van der Waals surface area contributed by atoms with Crippen molar-refractivity contribution in [2.45, 2.75) is 0 Å². The second-order valence-corrected chi connectivity index (χ2v) is 1.98. The van der Waals surface area contributed by atoms with Crippen molar-refractivity contribution in [2.24, 2.45) is 0 Å². The van der Waals surface area contributed by atoms with E-state index in [1.165, 1.54) is 18.4 Å². The van der Waals surface area contributed by atoms with E-state index < -0.39 is 0 Å². The van der Waals surface area contributed by atoms with Gasteiger partial charge in [-0.1, -0.05) is 23.4 Å². The summed E-state index contributed by atoms with van der Waals surface area (Å²) in [6, 6.07) is 9.66. The Bertz CT molecular complexity index is 263. The first-order chi connectivity index (χ1) is 5.89. The van der Waals surface area contributed by atoms with Crippen molar-refractivity contribution < 1.29 is 8.91 Å². The molecule has 0 fully saturated rings. The molecule has 0 bridgehead atoms. The van der Waals surface area contributed by atoms with Crippen molar-refractivity contribution in [2.75, 3.05) is 0 Å². The Morgan fingerprint density at radius 1 is 1.08 bits per heavy atom. The average Bonchev–Trinajstić information content (AvgIpc) is 2.62. The highest BCUT2D eigenvalue weighted by molar-refractivity contribution is 5.02. The summed E-state index contributed by atoms with van der Waals surface area (Å²) in [5.74, 6) is -0.178. The number of hydrogen-bond donors (Lipinski definition) is 0. The fourth-order valence-corrected chi connectivity index (χ4v) is 0.590. The molecular weight excluding hydrogens is 157 g/mol. The molecule has 2 aromatic rings. The lowest BCUT2D eigenvalue weighted by Gasteiger charge is -1.78. The van der Waals surface area contributed by atoms with Crippen LogP contribution in [0.4, 0.5) is 4.39 Å². The van der Waals surface area contributed by atoms with Gasteiger partial charge < -0.3 is 4.52 Å². The molecule has 1 aromatic heterocycles. The summed E-state index contributed by atoms with van der Waals surface area (Å²) >= 11 is 0. The van der Waals surface area contributed by atoms with Gasteiger partial charge in [-0.25, -0.2) is 4.39 Å². The molecule has 62 valence electrons. The molecule has 0 amide bonds. The van der Waals surface area contributed by atoms with Gasteiger partial charge in [0.25, 0.3) is 0 Å². The first kappa shape index (κ1) is 8.46. The van der Waals surface area contributed by atoms with Gasteiger partial charge in [-0.15, -0.1) is 0 Å². The largest absolute Gasteiger partial charge is 0.365 e. The predicted molar refractivity (Wildman–Crippen MR) is 42.9 cm³/mol. The van der Waals surface area contributed by atoms with Gasteiger partial charge in [0.15, 0.2) is 0 Å². The van der Waals surface area contributed by atoms with Crippen LogP contribution >= 0.6 is 0 Å². The third-order valence-electron chi connectivity index (χ3n) is 1.08. The molecule has 3 heteroatoms. The maximum atomic E-state index is 11.9. The summed E-state index contributed by atoms with van der Waals surface area (Å²) in [5, 5.41) is 3.35. The van der Waals surface area contributed by atoms with Gasteiger partial charge in [-0.05, 0) is 18.2 Å². The van der Waals surface area contributed by atoms with E-state index in [0.29, 0.717) is 0 Å². The second kappa shape index (κ2) is 5.07. The molecule has 0 unspecified atom stereocenters. The Hall–Kier alpha value is -1.64. The first-order valence-electron chi connectivity index (χ1n) is 3.44. The number of aromatic nitrogens is 1. The lowest BCUT2D eigenvalue weighted by molar-refractivity contribution is 0.420. The zero-order chi connectivity index (χ0) is 8.65. The quantitative estimate of drug-likeness (QED) is 0.599. The molecular formula is C9H8FNO. The maximum absolute atomic E-state index is 11.9. The monoisotopic (exact) mass is 165 g/mol. The Balaban J connectivity index is 0.000000127. The van der Waals surface area contributed by atoms with E-state index in [2.05, 4.69) is 9.68 Å². The van der Waals surface area contributed by atoms with Gasteiger partial charge >= 0.3 is 0 Å². The van der Waals surface area contributed by atoms with E-state index in [4.69, 9.17) is 0 Å². The molecule has 0 saturated carbocycles. The highest BCUT2D eigenvalue weighted by Gasteiger charge is 1.77. The molecule has 0 aliphatic rings. The lowest BCUT2D eigenvalue weighted by Crippen LogP contribution is -1.63. The van der Waals surface area contributed by atoms with Crippen LogP contribution in [-0.4, -0.2) is 5.16 Å². The first-order valence-corrected chi connectivity index (χ1v) is 3.44. The zero-order valence-corrected chi connectivity index (χ0v) is 6.35. The van der Waals surface area contributed by atoms with Crippen LogP contribution in [-0.2, 0) is 0 Å². The molecule has 0 aliphatic heterocycles. The predicted octanol–water partition coefficient (Wildman–Crippen LogP) is 2.50. The van der Waals surface area contributed by atoms with Gasteiger partial charge in [-0.3, -0.25) is 0 Å². The molecule has 0 aliphatic carbocycles. The molecule has 2 rings (SSSR count). The molecule has 12 heavy (non-hydrogen) atoms. The summed E-state index contributed by atoms with van der Waals surface area (Å²) in [4.78, 5) is 0. The standard InChI is InChI=1S/C6H5F.C3H3NO/c7-6-4-2-1-3-5-6;1-2-4-5-3-1/h1-5H;1-3H. The summed E-state index contributed by atoms with van der Waals surface area (Å²) in [5.41, 5.74) is 0. The smallest absolute Gasteiger partial charge is 0.123 e. The lowest BCUT2D eigenvalue weighted by atomic mass is 10.4. The van der Waals surface area contributed by atoms with Crippen LogP contribution < -0.4 is 0 Å². The molecule has 1 aromatic carbocycles. The van der Waals surface area contributed by atoms with Crippen molar-refractivity contribution >= 4 is 0 Å². The number of rotatable bonds is 0. The summed E-state index contributed by atoms with van der Waals surface area (Å²) in [6.45, 7) is 0. The van der Waals surface area contributed by atoms with Crippen LogP contribution in [0.15, 0.2) is 53.4 Å². The second-order valence-electron chi connectivity index (χ2n) is 1.98. The van der Waals surface area contributed by atoms with Crippen LogP contribution in [0.2, 0.25) is 0 Å². The molecule has 0 radical (unpaired) electrons. The number of halogens is 1. The van der Waals surface area contributed by atoms with Gasteiger partial charge in [0.05, 0.1) is 6.20 Å². The zero-order valence-electron chi connectivity index (χ0n) is 6.35. The van der Waals surface area contributed by atoms with Crippen LogP contribution in [0, 0.1) is 5.82 Å². The summed E-state index contributed by atoms with van der Waals surface area (Å²) in [6.07, 6.45) is 3.10. The van der Waals surface area contributed by atoms with Crippen molar-refractivity contribution in [1.82, 2.24) is 5.16 Å². The van der Waals surface area contributed by atoms with Crippen molar-refractivity contribution in [3.05, 3.63) is 54.7 Å². The average molecular weight is 165 g/mol. The number of nitrogens with zero attached hydrogens (tertiary/aromatic N) is 1. The minimum atomic E-state index is -0.178. The van der Waals surface area contributed by atoms with Crippen LogP contribution in [0.3, 0.4) is 0 Å². The SMILES string of the molecule is Fc1ccccc1.c1cnoc1. The summed E-state index contributed by atoms with van der Waals surface area (Å²) < 4.78 is 16.2. The normalized spacial score (nSPS) is 8.42. The third-order valence-corrected chi connectivity index (χ3v) is 1.08.